The van der Waals surface area contributed by atoms with Crippen LogP contribution in [-0.2, 0) is 25.6 Å². The summed E-state index contributed by atoms with van der Waals surface area (Å²) < 4.78 is 59.4. The molecule has 1 N–H and O–H groups in total. The van der Waals surface area contributed by atoms with Crippen LogP contribution in [0.4, 0.5) is 13.2 Å². The highest BCUT2D eigenvalue weighted by Gasteiger charge is 2.29. The predicted molar refractivity (Wildman–Crippen MR) is 90.8 cm³/mol. The predicted octanol–water partition coefficient (Wildman–Crippen LogP) is 1.34. The molecular formula is C16H19F3N2O4S. The average Bonchev–Trinajstić information content (AvgIpc) is 2.54. The number of hydrogen-bond donors (Lipinski definition) is 1. The molecule has 0 heterocycles. The maximum absolute atomic E-state index is 12.4. The van der Waals surface area contributed by atoms with E-state index in [9.17, 15) is 31.2 Å². The zero-order chi connectivity index (χ0) is 20.0. The van der Waals surface area contributed by atoms with Gasteiger partial charge in [0.05, 0.1) is 17.9 Å². The van der Waals surface area contributed by atoms with Crippen LogP contribution >= 0.6 is 0 Å². The first-order valence-corrected chi connectivity index (χ1v) is 9.49. The number of benzene rings is 1. The van der Waals surface area contributed by atoms with E-state index in [1.54, 1.807) is 0 Å². The lowest BCUT2D eigenvalue weighted by Crippen LogP contribution is -2.39. The molecule has 26 heavy (non-hydrogen) atoms. The molecule has 0 aromatic heterocycles. The third-order valence-corrected chi connectivity index (χ3v) is 4.23. The van der Waals surface area contributed by atoms with Gasteiger partial charge in [-0.25, -0.2) is 8.42 Å². The van der Waals surface area contributed by atoms with Crippen LogP contribution in [0.5, 0.6) is 0 Å². The lowest BCUT2D eigenvalue weighted by atomic mass is 10.1. The van der Waals surface area contributed by atoms with E-state index in [2.05, 4.69) is 5.32 Å². The van der Waals surface area contributed by atoms with Gasteiger partial charge in [-0.3, -0.25) is 9.59 Å². The zero-order valence-corrected chi connectivity index (χ0v) is 15.0. The van der Waals surface area contributed by atoms with Crippen molar-refractivity contribution in [2.75, 3.05) is 32.1 Å². The third-order valence-electron chi connectivity index (χ3n) is 3.30. The Hall–Kier alpha value is -2.36. The first kappa shape index (κ1) is 21.7. The number of rotatable bonds is 7. The van der Waals surface area contributed by atoms with Gasteiger partial charge in [0.15, 0.2) is 0 Å². The smallest absolute Gasteiger partial charge is 0.343 e. The second kappa shape index (κ2) is 8.84. The number of sulfone groups is 1. The van der Waals surface area contributed by atoms with Gasteiger partial charge in [-0.1, -0.05) is 12.1 Å². The summed E-state index contributed by atoms with van der Waals surface area (Å²) in [5.41, 5.74) is -0.397. The molecule has 1 rings (SSSR count). The molecular weight excluding hydrogens is 373 g/mol. The second-order valence-corrected chi connectivity index (χ2v) is 7.88. The van der Waals surface area contributed by atoms with E-state index in [0.29, 0.717) is 5.56 Å². The number of alkyl halides is 3. The van der Waals surface area contributed by atoms with Gasteiger partial charge in [-0.05, 0) is 23.8 Å². The molecule has 0 fully saturated rings. The monoisotopic (exact) mass is 392 g/mol. The van der Waals surface area contributed by atoms with Crippen molar-refractivity contribution >= 4 is 27.7 Å². The Morgan fingerprint density at radius 1 is 1.19 bits per heavy atom. The minimum Gasteiger partial charge on any atom is -0.343 e. The van der Waals surface area contributed by atoms with Crippen LogP contribution < -0.4 is 5.32 Å². The van der Waals surface area contributed by atoms with Crippen LogP contribution in [0.1, 0.15) is 11.1 Å². The number of likely N-dealkylation sites (N-methyl/N-ethyl adjacent to an activating group) is 1. The highest BCUT2D eigenvalue weighted by molar-refractivity contribution is 7.90. The van der Waals surface area contributed by atoms with Crippen molar-refractivity contribution in [3.8, 4) is 0 Å². The maximum Gasteiger partial charge on any atom is 0.416 e. The van der Waals surface area contributed by atoms with Crippen LogP contribution in [0.3, 0.4) is 0 Å². The summed E-state index contributed by atoms with van der Waals surface area (Å²) in [6.07, 6.45) is -0.970. The van der Waals surface area contributed by atoms with Crippen molar-refractivity contribution in [2.24, 2.45) is 0 Å². The quantitative estimate of drug-likeness (QED) is 0.710. The minimum absolute atomic E-state index is 0.00886. The van der Waals surface area contributed by atoms with Crippen molar-refractivity contribution in [3.05, 3.63) is 41.5 Å². The Kier molecular flexibility index (Phi) is 7.37. The van der Waals surface area contributed by atoms with Crippen molar-refractivity contribution in [1.82, 2.24) is 10.2 Å². The van der Waals surface area contributed by atoms with Gasteiger partial charge in [-0.2, -0.15) is 13.2 Å². The van der Waals surface area contributed by atoms with Crippen LogP contribution in [0.25, 0.3) is 6.08 Å². The summed E-state index contributed by atoms with van der Waals surface area (Å²) in [7, 11) is -1.78. The first-order chi connectivity index (χ1) is 11.9. The number of amides is 2. The van der Waals surface area contributed by atoms with E-state index in [-0.39, 0.29) is 18.8 Å². The normalized spacial score (nSPS) is 12.2. The van der Waals surface area contributed by atoms with E-state index < -0.39 is 33.4 Å². The summed E-state index contributed by atoms with van der Waals surface area (Å²) in [4.78, 5) is 24.6. The SMILES string of the molecule is CN(CCS(C)(=O)=O)C(=O)CNC(=O)/C=C/c1ccc(C(F)(F)F)cc1. The lowest BCUT2D eigenvalue weighted by Gasteiger charge is -2.16. The van der Waals surface area contributed by atoms with E-state index in [4.69, 9.17) is 0 Å². The second-order valence-electron chi connectivity index (χ2n) is 5.62. The van der Waals surface area contributed by atoms with Crippen LogP contribution in [0, 0.1) is 0 Å². The van der Waals surface area contributed by atoms with E-state index in [1.807, 2.05) is 0 Å². The number of carbonyl (C=O) groups excluding carboxylic acids is 2. The molecule has 0 aliphatic carbocycles. The summed E-state index contributed by atoms with van der Waals surface area (Å²) in [6, 6.07) is 4.24. The van der Waals surface area contributed by atoms with Gasteiger partial charge in [0.25, 0.3) is 0 Å². The molecule has 1 aromatic rings. The number of carbonyl (C=O) groups is 2. The lowest BCUT2D eigenvalue weighted by molar-refractivity contribution is -0.137. The largest absolute Gasteiger partial charge is 0.416 e. The minimum atomic E-state index is -4.43. The van der Waals surface area contributed by atoms with E-state index in [0.717, 1.165) is 24.5 Å². The third kappa shape index (κ3) is 8.15. The van der Waals surface area contributed by atoms with Crippen molar-refractivity contribution in [2.45, 2.75) is 6.18 Å². The molecule has 0 radical (unpaired) electrons. The molecule has 0 saturated carbocycles. The van der Waals surface area contributed by atoms with Crippen LogP contribution in [0.2, 0.25) is 0 Å². The average molecular weight is 392 g/mol. The molecule has 0 aliphatic heterocycles. The summed E-state index contributed by atoms with van der Waals surface area (Å²) >= 11 is 0. The molecule has 0 atom stereocenters. The van der Waals surface area contributed by atoms with Gasteiger partial charge in [0.2, 0.25) is 11.8 Å². The molecule has 0 bridgehead atoms. The number of nitrogens with zero attached hydrogens (tertiary/aromatic N) is 1. The molecule has 144 valence electrons. The number of hydrogen-bond acceptors (Lipinski definition) is 4. The Morgan fingerprint density at radius 2 is 1.77 bits per heavy atom. The Bertz CT molecular complexity index is 772. The Morgan fingerprint density at radius 3 is 2.27 bits per heavy atom. The number of halogens is 3. The van der Waals surface area contributed by atoms with Crippen LogP contribution in [-0.4, -0.2) is 57.3 Å². The molecule has 1 aromatic carbocycles. The van der Waals surface area contributed by atoms with Gasteiger partial charge in [0, 0.05) is 25.9 Å². The Balaban J connectivity index is 2.48. The molecule has 0 spiro atoms. The van der Waals surface area contributed by atoms with E-state index in [1.165, 1.54) is 30.2 Å². The molecule has 0 unspecified atom stereocenters. The molecule has 10 heteroatoms. The zero-order valence-electron chi connectivity index (χ0n) is 14.2. The molecule has 6 nitrogen and oxygen atoms in total. The van der Waals surface area contributed by atoms with Crippen molar-refractivity contribution in [3.63, 3.8) is 0 Å². The van der Waals surface area contributed by atoms with Gasteiger partial charge < -0.3 is 10.2 Å². The summed E-state index contributed by atoms with van der Waals surface area (Å²) in [5, 5.41) is 2.32. The van der Waals surface area contributed by atoms with Crippen molar-refractivity contribution in [1.29, 1.82) is 0 Å². The van der Waals surface area contributed by atoms with E-state index >= 15 is 0 Å². The first-order valence-electron chi connectivity index (χ1n) is 7.43. The number of nitrogens with one attached hydrogen (secondary N) is 1. The topological polar surface area (TPSA) is 83.6 Å². The highest BCUT2D eigenvalue weighted by atomic mass is 32.2. The molecule has 2 amide bonds. The fourth-order valence-electron chi connectivity index (χ4n) is 1.74. The van der Waals surface area contributed by atoms with Crippen LogP contribution in [0.15, 0.2) is 30.3 Å². The fraction of sp³-hybridized carbons (Fsp3) is 0.375. The summed E-state index contributed by atoms with van der Waals surface area (Å²) in [5.74, 6) is -1.25. The molecule has 0 aliphatic rings. The maximum atomic E-state index is 12.4. The van der Waals surface area contributed by atoms with Crippen molar-refractivity contribution < 1.29 is 31.2 Å². The standard InChI is InChI=1S/C16H19F3N2O4S/c1-21(9-10-26(2,24)25)15(23)11-20-14(22)8-5-12-3-6-13(7-4-12)16(17,18)19/h3-8H,9-11H2,1-2H3,(H,20,22)/b8-5+. The summed E-state index contributed by atoms with van der Waals surface area (Å²) in [6.45, 7) is -0.314. The Labute approximate surface area is 149 Å². The van der Waals surface area contributed by atoms with Gasteiger partial charge >= 0.3 is 6.18 Å². The highest BCUT2D eigenvalue weighted by Crippen LogP contribution is 2.29. The fourth-order valence-corrected chi connectivity index (χ4v) is 2.34. The molecule has 0 saturated heterocycles. The van der Waals surface area contributed by atoms with Gasteiger partial charge in [-0.15, -0.1) is 0 Å². The van der Waals surface area contributed by atoms with Gasteiger partial charge in [0.1, 0.15) is 9.84 Å².